The van der Waals surface area contributed by atoms with Crippen LogP contribution in [-0.4, -0.2) is 30.6 Å². The van der Waals surface area contributed by atoms with E-state index in [1.165, 1.54) is 0 Å². The quantitative estimate of drug-likeness (QED) is 0.560. The van der Waals surface area contributed by atoms with E-state index in [1.54, 1.807) is 12.1 Å². The Bertz CT molecular complexity index is 762. The molecule has 1 aliphatic heterocycles. The third-order valence-corrected chi connectivity index (χ3v) is 4.47. The lowest BCUT2D eigenvalue weighted by molar-refractivity contribution is -0.153. The number of morpholine rings is 1. The molecule has 4 N–H and O–H groups in total. The van der Waals surface area contributed by atoms with Gasteiger partial charge in [-0.15, -0.1) is 0 Å². The third-order valence-electron chi connectivity index (χ3n) is 4.47. The first-order chi connectivity index (χ1) is 12.5. The molecule has 6 heteroatoms. The zero-order valence-electron chi connectivity index (χ0n) is 14.6. The Kier molecular flexibility index (Phi) is 5.53. The second-order valence-electron chi connectivity index (χ2n) is 6.49. The molecule has 0 spiro atoms. The van der Waals surface area contributed by atoms with Gasteiger partial charge in [0, 0.05) is 5.69 Å². The topological polar surface area (TPSA) is 93.5 Å². The van der Waals surface area contributed by atoms with E-state index in [-0.39, 0.29) is 24.5 Å². The van der Waals surface area contributed by atoms with Crippen molar-refractivity contribution in [3.63, 3.8) is 0 Å². The molecule has 3 atom stereocenters. The minimum Gasteiger partial charge on any atom is -0.462 e. The number of ether oxygens (including phenoxy) is 1. The molecule has 1 fully saturated rings. The molecule has 0 radical (unpaired) electrons. The number of cyclic esters (lactones) is 1. The first kappa shape index (κ1) is 17.9. The summed E-state index contributed by atoms with van der Waals surface area (Å²) in [5, 5.41) is 6.07. The van der Waals surface area contributed by atoms with Crippen molar-refractivity contribution in [3.05, 3.63) is 65.7 Å². The predicted octanol–water partition coefficient (Wildman–Crippen LogP) is 1.57. The molecule has 0 unspecified atom stereocenters. The number of carbonyl (C=O) groups is 2. The van der Waals surface area contributed by atoms with E-state index >= 15 is 0 Å². The lowest BCUT2D eigenvalue weighted by atomic mass is 10.0. The van der Waals surface area contributed by atoms with Gasteiger partial charge in [0.25, 0.3) is 0 Å². The van der Waals surface area contributed by atoms with E-state index in [0.29, 0.717) is 12.1 Å². The number of anilines is 1. The van der Waals surface area contributed by atoms with Crippen LogP contribution in [0.25, 0.3) is 0 Å². The second-order valence-corrected chi connectivity index (χ2v) is 6.49. The lowest BCUT2D eigenvalue weighted by Gasteiger charge is -2.30. The molecule has 26 heavy (non-hydrogen) atoms. The molecule has 0 aliphatic carbocycles. The monoisotopic (exact) mass is 353 g/mol. The van der Waals surface area contributed by atoms with E-state index in [9.17, 15) is 9.59 Å². The van der Waals surface area contributed by atoms with Crippen molar-refractivity contribution in [2.45, 2.75) is 31.5 Å². The minimum absolute atomic E-state index is 0.0322. The maximum Gasteiger partial charge on any atom is 0.323 e. The van der Waals surface area contributed by atoms with Crippen LogP contribution in [0.15, 0.2) is 54.6 Å². The summed E-state index contributed by atoms with van der Waals surface area (Å²) in [5.41, 5.74) is 8.32. The van der Waals surface area contributed by atoms with Crippen molar-refractivity contribution < 1.29 is 14.3 Å². The highest BCUT2D eigenvalue weighted by Gasteiger charge is 2.34. The molecule has 2 aromatic carbocycles. The van der Waals surface area contributed by atoms with Crippen molar-refractivity contribution >= 4 is 17.6 Å². The second kappa shape index (κ2) is 8.01. The van der Waals surface area contributed by atoms with Crippen LogP contribution in [0.5, 0.6) is 0 Å². The number of nitrogen functional groups attached to an aromatic ring is 1. The Morgan fingerprint density at radius 1 is 1.23 bits per heavy atom. The molecule has 1 aliphatic rings. The zero-order valence-corrected chi connectivity index (χ0v) is 14.6. The van der Waals surface area contributed by atoms with Crippen LogP contribution in [0.2, 0.25) is 0 Å². The Balaban J connectivity index is 1.60. The number of benzene rings is 2. The Morgan fingerprint density at radius 2 is 1.92 bits per heavy atom. The molecule has 136 valence electrons. The van der Waals surface area contributed by atoms with Gasteiger partial charge in [-0.2, -0.15) is 0 Å². The van der Waals surface area contributed by atoms with Crippen molar-refractivity contribution in [3.8, 4) is 0 Å². The van der Waals surface area contributed by atoms with Gasteiger partial charge in [0.15, 0.2) is 0 Å². The Morgan fingerprint density at radius 3 is 2.62 bits per heavy atom. The number of rotatable bonds is 5. The predicted molar refractivity (Wildman–Crippen MR) is 99.2 cm³/mol. The van der Waals surface area contributed by atoms with Crippen LogP contribution in [0, 0.1) is 0 Å². The molecule has 0 saturated carbocycles. The molecule has 1 heterocycles. The molecule has 1 saturated heterocycles. The maximum absolute atomic E-state index is 12.5. The molecular formula is C20H23N3O3. The normalized spacial score (nSPS) is 20.9. The average molecular weight is 353 g/mol. The Labute approximate surface area is 152 Å². The summed E-state index contributed by atoms with van der Waals surface area (Å²) in [7, 11) is 0. The summed E-state index contributed by atoms with van der Waals surface area (Å²) < 4.78 is 5.22. The molecule has 1 amide bonds. The fourth-order valence-corrected chi connectivity index (χ4v) is 2.95. The third kappa shape index (κ3) is 4.40. The van der Waals surface area contributed by atoms with E-state index < -0.39 is 12.1 Å². The van der Waals surface area contributed by atoms with Gasteiger partial charge >= 0.3 is 5.97 Å². The van der Waals surface area contributed by atoms with Crippen LogP contribution in [0.3, 0.4) is 0 Å². The summed E-state index contributed by atoms with van der Waals surface area (Å²) in [6.45, 7) is 1.96. The summed E-state index contributed by atoms with van der Waals surface area (Å²) in [4.78, 5) is 24.6. The number of hydrogen-bond acceptors (Lipinski definition) is 5. The SMILES string of the molecule is C[C@H](NC(=O)[C@@H]1COC(=O)[C@H](Cc2ccc(N)cc2)N1)c1ccccc1. The highest BCUT2D eigenvalue weighted by Crippen LogP contribution is 2.14. The largest absolute Gasteiger partial charge is 0.462 e. The van der Waals surface area contributed by atoms with Crippen LogP contribution in [-0.2, 0) is 20.7 Å². The van der Waals surface area contributed by atoms with Crippen LogP contribution < -0.4 is 16.4 Å². The summed E-state index contributed by atoms with van der Waals surface area (Å²) in [5.74, 6) is -0.529. The van der Waals surface area contributed by atoms with Gasteiger partial charge in [-0.1, -0.05) is 42.5 Å². The number of hydrogen-bond donors (Lipinski definition) is 3. The smallest absolute Gasteiger partial charge is 0.323 e. The van der Waals surface area contributed by atoms with E-state index in [2.05, 4.69) is 10.6 Å². The standard InChI is InChI=1S/C20H23N3O3/c1-13(15-5-3-2-4-6-15)22-19(24)18-12-26-20(25)17(23-18)11-14-7-9-16(21)10-8-14/h2-10,13,17-18,23H,11-12,21H2,1H3,(H,22,24)/t13-,17-,18-/m0/s1. The first-order valence-corrected chi connectivity index (χ1v) is 8.65. The highest BCUT2D eigenvalue weighted by atomic mass is 16.5. The zero-order chi connectivity index (χ0) is 18.5. The van der Waals surface area contributed by atoms with Gasteiger partial charge in [-0.05, 0) is 36.6 Å². The van der Waals surface area contributed by atoms with Crippen molar-refractivity contribution in [2.24, 2.45) is 0 Å². The van der Waals surface area contributed by atoms with Gasteiger partial charge in [0.2, 0.25) is 5.91 Å². The van der Waals surface area contributed by atoms with E-state index in [0.717, 1.165) is 11.1 Å². The number of nitrogens with two attached hydrogens (primary N) is 1. The minimum atomic E-state index is -0.572. The van der Waals surface area contributed by atoms with Crippen LogP contribution >= 0.6 is 0 Å². The molecule has 6 nitrogen and oxygen atoms in total. The average Bonchev–Trinajstić information content (AvgIpc) is 2.66. The van der Waals surface area contributed by atoms with Gasteiger partial charge in [-0.3, -0.25) is 14.9 Å². The molecule has 2 aromatic rings. The van der Waals surface area contributed by atoms with Crippen molar-refractivity contribution in [1.82, 2.24) is 10.6 Å². The summed E-state index contributed by atoms with van der Waals surface area (Å²) in [6, 6.07) is 15.8. The van der Waals surface area contributed by atoms with Gasteiger partial charge in [0.1, 0.15) is 18.7 Å². The number of esters is 1. The molecule has 0 bridgehead atoms. The molecular weight excluding hydrogens is 330 g/mol. The maximum atomic E-state index is 12.5. The molecule has 0 aromatic heterocycles. The molecule has 3 rings (SSSR count). The van der Waals surface area contributed by atoms with Crippen LogP contribution in [0.1, 0.15) is 24.1 Å². The van der Waals surface area contributed by atoms with Gasteiger partial charge in [-0.25, -0.2) is 0 Å². The Hall–Kier alpha value is -2.86. The highest BCUT2D eigenvalue weighted by molar-refractivity contribution is 5.86. The van der Waals surface area contributed by atoms with Crippen LogP contribution in [0.4, 0.5) is 5.69 Å². The number of carbonyl (C=O) groups excluding carboxylic acids is 2. The fourth-order valence-electron chi connectivity index (χ4n) is 2.95. The van der Waals surface area contributed by atoms with Gasteiger partial charge in [0.05, 0.1) is 6.04 Å². The summed E-state index contributed by atoms with van der Waals surface area (Å²) in [6.07, 6.45) is 0.442. The summed E-state index contributed by atoms with van der Waals surface area (Å²) >= 11 is 0. The first-order valence-electron chi connectivity index (χ1n) is 8.65. The van der Waals surface area contributed by atoms with Gasteiger partial charge < -0.3 is 15.8 Å². The van der Waals surface area contributed by atoms with E-state index in [1.807, 2.05) is 49.4 Å². The van der Waals surface area contributed by atoms with Crippen molar-refractivity contribution in [2.75, 3.05) is 12.3 Å². The number of amides is 1. The number of nitrogens with one attached hydrogen (secondary N) is 2. The lowest BCUT2D eigenvalue weighted by Crippen LogP contribution is -2.58. The fraction of sp³-hybridized carbons (Fsp3) is 0.300. The van der Waals surface area contributed by atoms with Crippen molar-refractivity contribution in [1.29, 1.82) is 0 Å². The van der Waals surface area contributed by atoms with E-state index in [4.69, 9.17) is 10.5 Å².